The Morgan fingerprint density at radius 1 is 1.18 bits per heavy atom. The number of fused-ring (bicyclic) bond motifs is 1. The van der Waals surface area contributed by atoms with Crippen molar-refractivity contribution in [1.29, 1.82) is 0 Å². The van der Waals surface area contributed by atoms with Crippen molar-refractivity contribution in [3.05, 3.63) is 53.9 Å². The van der Waals surface area contributed by atoms with Crippen LogP contribution in [0.2, 0.25) is 0 Å². The molecule has 0 saturated carbocycles. The Balaban J connectivity index is 1.64. The number of hydrogen-bond acceptors (Lipinski definition) is 8. The Morgan fingerprint density at radius 2 is 2.00 bits per heavy atom. The Labute approximate surface area is 165 Å². The molecule has 4 rings (SSSR count). The van der Waals surface area contributed by atoms with Gasteiger partial charge in [0.1, 0.15) is 4.90 Å². The lowest BCUT2D eigenvalue weighted by Crippen LogP contribution is -2.30. The number of carbonyl (C=O) groups excluding carboxylic acids is 1. The molecule has 11 heteroatoms. The second-order valence-corrected chi connectivity index (χ2v) is 9.13. The fourth-order valence-electron chi connectivity index (χ4n) is 2.98. The highest BCUT2D eigenvalue weighted by Gasteiger charge is 2.43. The molecule has 0 saturated heterocycles. The van der Waals surface area contributed by atoms with Gasteiger partial charge < -0.3 is 0 Å². The van der Waals surface area contributed by atoms with Gasteiger partial charge in [0, 0.05) is 6.20 Å². The summed E-state index contributed by atoms with van der Waals surface area (Å²) >= 11 is 1.06. The molecule has 0 spiro atoms. The molecule has 0 radical (unpaired) electrons. The molecular weight excluding hydrogens is 400 g/mol. The summed E-state index contributed by atoms with van der Waals surface area (Å²) in [6.07, 6.45) is 3.21. The molecule has 144 valence electrons. The van der Waals surface area contributed by atoms with Crippen molar-refractivity contribution >= 4 is 27.7 Å². The topological polar surface area (TPSA) is 111 Å². The zero-order valence-corrected chi connectivity index (χ0v) is 16.7. The van der Waals surface area contributed by atoms with Crippen LogP contribution in [0.5, 0.6) is 0 Å². The number of tetrazole rings is 1. The van der Waals surface area contributed by atoms with Gasteiger partial charge in [-0.2, -0.15) is 4.68 Å². The van der Waals surface area contributed by atoms with E-state index in [9.17, 15) is 13.2 Å². The molecule has 1 aliphatic rings. The monoisotopic (exact) mass is 416 g/mol. The maximum atomic E-state index is 12.9. The van der Waals surface area contributed by atoms with E-state index in [0.29, 0.717) is 10.8 Å². The molecule has 9 nitrogen and oxygen atoms in total. The molecule has 1 amide bonds. The molecule has 0 aliphatic carbocycles. The number of pyridine rings is 1. The second kappa shape index (κ2) is 6.99. The third-order valence-corrected chi connectivity index (χ3v) is 7.17. The molecule has 3 aromatic rings. The minimum Gasteiger partial charge on any atom is -0.268 e. The normalized spacial score (nSPS) is 15.2. The van der Waals surface area contributed by atoms with Crippen LogP contribution >= 0.6 is 11.8 Å². The van der Waals surface area contributed by atoms with Crippen LogP contribution in [0.3, 0.4) is 0 Å². The quantitative estimate of drug-likeness (QED) is 0.581. The summed E-state index contributed by atoms with van der Waals surface area (Å²) in [6.45, 7) is 3.85. The van der Waals surface area contributed by atoms with Gasteiger partial charge in [0.25, 0.3) is 15.9 Å². The average molecular weight is 416 g/mol. The first kappa shape index (κ1) is 18.6. The number of amides is 1. The van der Waals surface area contributed by atoms with E-state index in [0.717, 1.165) is 21.6 Å². The third-order valence-electron chi connectivity index (χ3n) is 4.33. The smallest absolute Gasteiger partial charge is 0.268 e. The maximum absolute atomic E-state index is 12.9. The van der Waals surface area contributed by atoms with Crippen LogP contribution in [0.4, 0.5) is 0 Å². The van der Waals surface area contributed by atoms with Crippen molar-refractivity contribution in [3.8, 4) is 5.69 Å². The highest BCUT2D eigenvalue weighted by Crippen LogP contribution is 2.36. The van der Waals surface area contributed by atoms with Crippen molar-refractivity contribution in [2.24, 2.45) is 0 Å². The number of aromatic nitrogens is 5. The van der Waals surface area contributed by atoms with E-state index >= 15 is 0 Å². The van der Waals surface area contributed by atoms with Gasteiger partial charge >= 0.3 is 0 Å². The zero-order valence-electron chi connectivity index (χ0n) is 15.1. The SMILES string of the molecule is CC(C)c1cccc2c1C(=O)N(CSc1nnnn1-c1cccnc1)S2(=O)=O. The van der Waals surface area contributed by atoms with Crippen LogP contribution < -0.4 is 0 Å². The van der Waals surface area contributed by atoms with Gasteiger partial charge in [0.05, 0.1) is 23.3 Å². The van der Waals surface area contributed by atoms with E-state index < -0.39 is 15.9 Å². The Morgan fingerprint density at radius 3 is 2.71 bits per heavy atom. The summed E-state index contributed by atoms with van der Waals surface area (Å²) in [4.78, 5) is 17.0. The lowest BCUT2D eigenvalue weighted by Gasteiger charge is -2.14. The van der Waals surface area contributed by atoms with Gasteiger partial charge in [-0.05, 0) is 40.1 Å². The van der Waals surface area contributed by atoms with Gasteiger partial charge in [-0.25, -0.2) is 12.7 Å². The number of benzene rings is 1. The minimum atomic E-state index is -3.91. The highest BCUT2D eigenvalue weighted by atomic mass is 32.2. The molecule has 0 fully saturated rings. The molecule has 0 atom stereocenters. The van der Waals surface area contributed by atoms with E-state index in [1.165, 1.54) is 10.7 Å². The van der Waals surface area contributed by atoms with Crippen molar-refractivity contribution in [2.75, 3.05) is 5.88 Å². The van der Waals surface area contributed by atoms with E-state index in [1.54, 1.807) is 36.7 Å². The summed E-state index contributed by atoms with van der Waals surface area (Å²) in [7, 11) is -3.91. The van der Waals surface area contributed by atoms with Gasteiger partial charge in [0.15, 0.2) is 0 Å². The molecule has 0 bridgehead atoms. The highest BCUT2D eigenvalue weighted by molar-refractivity contribution is 8.00. The number of sulfonamides is 1. The molecular formula is C17H16N6O3S2. The Kier molecular flexibility index (Phi) is 4.63. The van der Waals surface area contributed by atoms with Crippen molar-refractivity contribution < 1.29 is 13.2 Å². The first-order valence-electron chi connectivity index (χ1n) is 8.43. The summed E-state index contributed by atoms with van der Waals surface area (Å²) < 4.78 is 28.1. The largest absolute Gasteiger partial charge is 0.270 e. The van der Waals surface area contributed by atoms with E-state index in [1.807, 2.05) is 13.8 Å². The van der Waals surface area contributed by atoms with Crippen LogP contribution in [0.1, 0.15) is 35.7 Å². The fraction of sp³-hybridized carbons (Fsp3) is 0.235. The number of thioether (sulfide) groups is 1. The van der Waals surface area contributed by atoms with Crippen molar-refractivity contribution in [2.45, 2.75) is 29.8 Å². The third kappa shape index (κ3) is 2.96. The summed E-state index contributed by atoms with van der Waals surface area (Å²) in [6, 6.07) is 8.44. The van der Waals surface area contributed by atoms with Crippen LogP contribution in [0, 0.1) is 0 Å². The van der Waals surface area contributed by atoms with Crippen molar-refractivity contribution in [3.63, 3.8) is 0 Å². The molecule has 1 aliphatic heterocycles. The predicted octanol–water partition coefficient (Wildman–Crippen LogP) is 2.07. The number of carbonyl (C=O) groups is 1. The summed E-state index contributed by atoms with van der Waals surface area (Å²) in [5, 5.41) is 11.8. The number of hydrogen-bond donors (Lipinski definition) is 0. The first-order valence-corrected chi connectivity index (χ1v) is 10.9. The molecule has 0 N–H and O–H groups in total. The molecule has 0 unspecified atom stereocenters. The lowest BCUT2D eigenvalue weighted by molar-refractivity contribution is 0.0885. The minimum absolute atomic E-state index is 0.0274. The molecule has 1 aromatic carbocycles. The van der Waals surface area contributed by atoms with Crippen LogP contribution in [0.25, 0.3) is 5.69 Å². The summed E-state index contributed by atoms with van der Waals surface area (Å²) in [5.41, 5.74) is 1.61. The first-order chi connectivity index (χ1) is 13.4. The average Bonchev–Trinajstić information content (AvgIpc) is 3.22. The Hall–Kier alpha value is -2.79. The van der Waals surface area contributed by atoms with Gasteiger partial charge in [-0.1, -0.05) is 37.7 Å². The van der Waals surface area contributed by atoms with Crippen LogP contribution in [-0.2, 0) is 10.0 Å². The van der Waals surface area contributed by atoms with Crippen LogP contribution in [-0.4, -0.2) is 49.7 Å². The molecule has 28 heavy (non-hydrogen) atoms. The summed E-state index contributed by atoms with van der Waals surface area (Å²) in [5.74, 6) is -0.625. The predicted molar refractivity (Wildman–Crippen MR) is 102 cm³/mol. The standard InChI is InChI=1S/C17H16N6O3S2/c1-11(2)13-6-3-7-14-15(13)16(24)22(28(14,25)26)10-27-17-19-20-21-23(17)12-5-4-8-18-9-12/h3-9,11H,10H2,1-2H3. The van der Waals surface area contributed by atoms with Gasteiger partial charge in [-0.15, -0.1) is 5.10 Å². The lowest BCUT2D eigenvalue weighted by atomic mass is 9.97. The van der Waals surface area contributed by atoms with Crippen molar-refractivity contribution in [1.82, 2.24) is 29.5 Å². The van der Waals surface area contributed by atoms with E-state index in [4.69, 9.17) is 0 Å². The van der Waals surface area contributed by atoms with Gasteiger partial charge in [0.2, 0.25) is 5.16 Å². The van der Waals surface area contributed by atoms with Crippen LogP contribution in [0.15, 0.2) is 52.8 Å². The Bertz CT molecular complexity index is 1140. The maximum Gasteiger partial charge on any atom is 0.270 e. The molecule has 2 aromatic heterocycles. The fourth-order valence-corrected chi connectivity index (χ4v) is 5.66. The van der Waals surface area contributed by atoms with E-state index in [-0.39, 0.29) is 22.3 Å². The number of nitrogens with zero attached hydrogens (tertiary/aromatic N) is 6. The van der Waals surface area contributed by atoms with E-state index in [2.05, 4.69) is 20.5 Å². The second-order valence-electron chi connectivity index (χ2n) is 6.39. The molecule has 3 heterocycles. The van der Waals surface area contributed by atoms with Gasteiger partial charge in [-0.3, -0.25) is 9.78 Å². The number of rotatable bonds is 5. The zero-order chi connectivity index (χ0) is 19.9.